The number of amides is 1. The van der Waals surface area contributed by atoms with Gasteiger partial charge in [-0.1, -0.05) is 6.92 Å². The van der Waals surface area contributed by atoms with E-state index in [1.54, 1.807) is 0 Å². The predicted molar refractivity (Wildman–Crippen MR) is 91.9 cm³/mol. The number of carbonyl (C=O) groups is 1. The van der Waals surface area contributed by atoms with Crippen LogP contribution in [0, 0.1) is 0 Å². The van der Waals surface area contributed by atoms with Crippen LogP contribution < -0.4 is 0 Å². The van der Waals surface area contributed by atoms with E-state index in [2.05, 4.69) is 35.8 Å². The van der Waals surface area contributed by atoms with E-state index in [9.17, 15) is 4.79 Å². The van der Waals surface area contributed by atoms with Crippen LogP contribution in [0.3, 0.4) is 0 Å². The van der Waals surface area contributed by atoms with Gasteiger partial charge >= 0.3 is 0 Å². The van der Waals surface area contributed by atoms with Crippen molar-refractivity contribution in [3.05, 3.63) is 23.7 Å². The van der Waals surface area contributed by atoms with Crippen molar-refractivity contribution in [2.45, 2.75) is 26.3 Å². The van der Waals surface area contributed by atoms with Gasteiger partial charge < -0.3 is 14.1 Å². The molecular weight excluding hydrogens is 306 g/mol. The molecular formula is C18H29N3O3. The molecule has 24 heavy (non-hydrogen) atoms. The van der Waals surface area contributed by atoms with Crippen LogP contribution in [-0.4, -0.2) is 79.6 Å². The van der Waals surface area contributed by atoms with Crippen molar-refractivity contribution in [1.29, 1.82) is 0 Å². The maximum Gasteiger partial charge on any atom is 0.236 e. The minimum Gasteiger partial charge on any atom is -0.464 e. The molecule has 0 N–H and O–H groups in total. The second kappa shape index (κ2) is 8.14. The van der Waals surface area contributed by atoms with Gasteiger partial charge in [0.05, 0.1) is 25.8 Å². The SMILES string of the molecule is CCc1ccc([C@@H](C)N2CCN(CC(=O)N3CCOCC3)CC2)o1. The number of hydrogen-bond donors (Lipinski definition) is 0. The standard InChI is InChI=1S/C18H29N3O3/c1-3-16-4-5-17(24-16)15(2)20-8-6-19(7-9-20)14-18(22)21-10-12-23-13-11-21/h4-5,15H,3,6-14H2,1-2H3/t15-/m1/s1. The van der Waals surface area contributed by atoms with Crippen LogP contribution in [0.5, 0.6) is 0 Å². The number of ether oxygens (including phenoxy) is 1. The van der Waals surface area contributed by atoms with Crippen LogP contribution in [0.25, 0.3) is 0 Å². The van der Waals surface area contributed by atoms with Crippen LogP contribution in [0.1, 0.15) is 31.4 Å². The van der Waals surface area contributed by atoms with Crippen molar-refractivity contribution >= 4 is 5.91 Å². The summed E-state index contributed by atoms with van der Waals surface area (Å²) in [6.07, 6.45) is 0.935. The molecule has 2 saturated heterocycles. The second-order valence-electron chi connectivity index (χ2n) is 6.64. The van der Waals surface area contributed by atoms with Gasteiger partial charge in [0.2, 0.25) is 5.91 Å². The number of morpholine rings is 1. The fourth-order valence-electron chi connectivity index (χ4n) is 3.40. The molecule has 1 aromatic rings. The van der Waals surface area contributed by atoms with Gasteiger partial charge in [-0.3, -0.25) is 14.6 Å². The Morgan fingerprint density at radius 2 is 1.83 bits per heavy atom. The molecule has 0 aliphatic carbocycles. The third kappa shape index (κ3) is 4.18. The Kier molecular flexibility index (Phi) is 5.92. The Balaban J connectivity index is 1.45. The Bertz CT molecular complexity index is 531. The molecule has 0 spiro atoms. The number of furan rings is 1. The van der Waals surface area contributed by atoms with Gasteiger partial charge in [0, 0.05) is 45.7 Å². The molecule has 3 rings (SSSR count). The smallest absolute Gasteiger partial charge is 0.236 e. The number of rotatable bonds is 5. The minimum absolute atomic E-state index is 0.235. The topological polar surface area (TPSA) is 49.2 Å². The van der Waals surface area contributed by atoms with E-state index >= 15 is 0 Å². The summed E-state index contributed by atoms with van der Waals surface area (Å²) in [5, 5.41) is 0. The fraction of sp³-hybridized carbons (Fsp3) is 0.722. The highest BCUT2D eigenvalue weighted by Gasteiger charge is 2.26. The molecule has 2 fully saturated rings. The largest absolute Gasteiger partial charge is 0.464 e. The third-order valence-electron chi connectivity index (χ3n) is 5.12. The van der Waals surface area contributed by atoms with Crippen LogP contribution in [-0.2, 0) is 16.0 Å². The summed E-state index contributed by atoms with van der Waals surface area (Å²) >= 11 is 0. The fourth-order valence-corrected chi connectivity index (χ4v) is 3.40. The number of aryl methyl sites for hydroxylation is 1. The lowest BCUT2D eigenvalue weighted by Gasteiger charge is -2.38. The highest BCUT2D eigenvalue weighted by atomic mass is 16.5. The minimum atomic E-state index is 0.235. The van der Waals surface area contributed by atoms with E-state index in [1.807, 2.05) is 4.90 Å². The van der Waals surface area contributed by atoms with Crippen molar-refractivity contribution in [3.63, 3.8) is 0 Å². The van der Waals surface area contributed by atoms with Gasteiger partial charge in [-0.05, 0) is 19.1 Å². The van der Waals surface area contributed by atoms with Crippen LogP contribution in [0.15, 0.2) is 16.5 Å². The monoisotopic (exact) mass is 335 g/mol. The third-order valence-corrected chi connectivity index (χ3v) is 5.12. The normalized spacial score (nSPS) is 21.8. The van der Waals surface area contributed by atoms with Crippen molar-refractivity contribution in [2.24, 2.45) is 0 Å². The molecule has 6 nitrogen and oxygen atoms in total. The Labute approximate surface area is 144 Å². The van der Waals surface area contributed by atoms with Crippen molar-refractivity contribution in [2.75, 3.05) is 59.0 Å². The molecule has 134 valence electrons. The zero-order valence-corrected chi connectivity index (χ0v) is 14.9. The molecule has 1 amide bonds. The first-order valence-electron chi connectivity index (χ1n) is 9.08. The summed E-state index contributed by atoms with van der Waals surface area (Å²) in [4.78, 5) is 19.0. The lowest BCUT2D eigenvalue weighted by atomic mass is 10.2. The zero-order chi connectivity index (χ0) is 16.9. The summed E-state index contributed by atoms with van der Waals surface area (Å²) in [5.41, 5.74) is 0. The van der Waals surface area contributed by atoms with Gasteiger partial charge in [0.1, 0.15) is 11.5 Å². The highest BCUT2D eigenvalue weighted by Crippen LogP contribution is 2.23. The molecule has 2 aliphatic heterocycles. The number of hydrogen-bond acceptors (Lipinski definition) is 5. The van der Waals surface area contributed by atoms with E-state index in [0.717, 1.165) is 57.2 Å². The van der Waals surface area contributed by atoms with Crippen molar-refractivity contribution in [3.8, 4) is 0 Å². The van der Waals surface area contributed by atoms with Gasteiger partial charge in [-0.25, -0.2) is 0 Å². The van der Waals surface area contributed by atoms with Crippen LogP contribution in [0.2, 0.25) is 0 Å². The molecule has 0 saturated carbocycles. The predicted octanol–water partition coefficient (Wildman–Crippen LogP) is 1.38. The van der Waals surface area contributed by atoms with Gasteiger partial charge in [-0.15, -0.1) is 0 Å². The first-order valence-corrected chi connectivity index (χ1v) is 9.08. The Hall–Kier alpha value is -1.37. The molecule has 1 atom stereocenters. The molecule has 6 heteroatoms. The number of piperazine rings is 1. The Morgan fingerprint density at radius 1 is 1.12 bits per heavy atom. The van der Waals surface area contributed by atoms with Gasteiger partial charge in [0.15, 0.2) is 0 Å². The summed E-state index contributed by atoms with van der Waals surface area (Å²) in [5.74, 6) is 2.33. The van der Waals surface area contributed by atoms with E-state index in [0.29, 0.717) is 25.8 Å². The molecule has 1 aromatic heterocycles. The van der Waals surface area contributed by atoms with Gasteiger partial charge in [0.25, 0.3) is 0 Å². The Morgan fingerprint density at radius 3 is 2.46 bits per heavy atom. The number of carbonyl (C=O) groups excluding carboxylic acids is 1. The average Bonchev–Trinajstić information content (AvgIpc) is 3.11. The summed E-state index contributed by atoms with van der Waals surface area (Å²) in [6.45, 7) is 11.4. The molecule has 2 aliphatic rings. The maximum absolute atomic E-state index is 12.3. The summed E-state index contributed by atoms with van der Waals surface area (Å²) in [6, 6.07) is 4.46. The first-order chi connectivity index (χ1) is 11.7. The lowest BCUT2D eigenvalue weighted by Crippen LogP contribution is -2.51. The quantitative estimate of drug-likeness (QED) is 0.814. The van der Waals surface area contributed by atoms with E-state index in [4.69, 9.17) is 9.15 Å². The second-order valence-corrected chi connectivity index (χ2v) is 6.64. The van der Waals surface area contributed by atoms with Gasteiger partial charge in [-0.2, -0.15) is 0 Å². The molecule has 0 unspecified atom stereocenters. The zero-order valence-electron chi connectivity index (χ0n) is 14.9. The first kappa shape index (κ1) is 17.5. The highest BCUT2D eigenvalue weighted by molar-refractivity contribution is 5.78. The molecule has 3 heterocycles. The molecule has 0 radical (unpaired) electrons. The van der Waals surface area contributed by atoms with Crippen molar-refractivity contribution in [1.82, 2.24) is 14.7 Å². The van der Waals surface area contributed by atoms with Crippen LogP contribution in [0.4, 0.5) is 0 Å². The van der Waals surface area contributed by atoms with Crippen molar-refractivity contribution < 1.29 is 13.9 Å². The maximum atomic E-state index is 12.3. The number of nitrogens with zero attached hydrogens (tertiary/aromatic N) is 3. The lowest BCUT2D eigenvalue weighted by molar-refractivity contribution is -0.137. The van der Waals surface area contributed by atoms with E-state index in [-0.39, 0.29) is 5.91 Å². The van der Waals surface area contributed by atoms with Crippen LogP contribution >= 0.6 is 0 Å². The van der Waals surface area contributed by atoms with E-state index < -0.39 is 0 Å². The molecule has 0 aromatic carbocycles. The average molecular weight is 335 g/mol. The summed E-state index contributed by atoms with van der Waals surface area (Å²) in [7, 11) is 0. The van der Waals surface area contributed by atoms with E-state index in [1.165, 1.54) is 0 Å². The summed E-state index contributed by atoms with van der Waals surface area (Å²) < 4.78 is 11.2. The molecule has 0 bridgehead atoms.